The largest absolute Gasteiger partial charge is 0.459 e. The first-order valence-electron chi connectivity index (χ1n) is 7.73. The summed E-state index contributed by atoms with van der Waals surface area (Å²) in [5, 5.41) is 0. The van der Waals surface area contributed by atoms with Crippen LogP contribution in [0.5, 0.6) is 0 Å². The number of hydrogen-bond acceptors (Lipinski definition) is 3. The van der Waals surface area contributed by atoms with Crippen molar-refractivity contribution in [3.63, 3.8) is 0 Å². The number of hydrogen-bond donors (Lipinski definition) is 0. The second-order valence-corrected chi connectivity index (χ2v) is 6.03. The lowest BCUT2D eigenvalue weighted by atomic mass is 9.86. The predicted octanol–water partition coefficient (Wildman–Crippen LogP) is 3.36. The monoisotopic (exact) mass is 287 g/mol. The van der Waals surface area contributed by atoms with E-state index < -0.39 is 0 Å². The molecule has 0 saturated heterocycles. The molecule has 1 aliphatic carbocycles. The van der Waals surface area contributed by atoms with Gasteiger partial charge in [-0.25, -0.2) is 4.79 Å². The highest BCUT2D eigenvalue weighted by atomic mass is 16.5. The van der Waals surface area contributed by atoms with Crippen molar-refractivity contribution >= 4 is 12.0 Å². The SMILES string of the molecule is CN(C)C[C@H]1CCCC[C@H]1OC(=O)/C=C/c1ccccc1. The third-order valence-corrected chi connectivity index (χ3v) is 3.92. The van der Waals surface area contributed by atoms with E-state index in [1.54, 1.807) is 0 Å². The fourth-order valence-corrected chi connectivity index (χ4v) is 2.92. The van der Waals surface area contributed by atoms with Crippen LogP contribution in [0.15, 0.2) is 36.4 Å². The first kappa shape index (κ1) is 15.8. The van der Waals surface area contributed by atoms with Gasteiger partial charge in [0.2, 0.25) is 0 Å². The summed E-state index contributed by atoms with van der Waals surface area (Å²) < 4.78 is 5.67. The molecule has 0 heterocycles. The third-order valence-electron chi connectivity index (χ3n) is 3.92. The molecule has 0 unspecified atom stereocenters. The van der Waals surface area contributed by atoms with Crippen molar-refractivity contribution in [3.05, 3.63) is 42.0 Å². The molecule has 1 saturated carbocycles. The molecule has 2 atom stereocenters. The van der Waals surface area contributed by atoms with Crippen molar-refractivity contribution in [2.75, 3.05) is 20.6 Å². The van der Waals surface area contributed by atoms with Gasteiger partial charge in [0.05, 0.1) is 0 Å². The Kier molecular flexibility index (Phi) is 6.00. The van der Waals surface area contributed by atoms with E-state index in [0.717, 1.165) is 31.4 Å². The molecule has 3 heteroatoms. The molecule has 21 heavy (non-hydrogen) atoms. The molecule has 0 N–H and O–H groups in total. The van der Waals surface area contributed by atoms with Gasteiger partial charge in [0.25, 0.3) is 0 Å². The van der Waals surface area contributed by atoms with E-state index in [2.05, 4.69) is 19.0 Å². The normalized spacial score (nSPS) is 22.6. The minimum atomic E-state index is -0.227. The van der Waals surface area contributed by atoms with Crippen molar-refractivity contribution in [2.24, 2.45) is 5.92 Å². The van der Waals surface area contributed by atoms with Crippen LogP contribution in [0.25, 0.3) is 6.08 Å². The fourth-order valence-electron chi connectivity index (χ4n) is 2.92. The number of carbonyl (C=O) groups is 1. The minimum Gasteiger partial charge on any atom is -0.459 e. The molecule has 114 valence electrons. The number of esters is 1. The first-order valence-corrected chi connectivity index (χ1v) is 7.73. The molecule has 0 aliphatic heterocycles. The predicted molar refractivity (Wildman–Crippen MR) is 85.9 cm³/mol. The van der Waals surface area contributed by atoms with Gasteiger partial charge in [-0.2, -0.15) is 0 Å². The molecule has 1 aromatic carbocycles. The van der Waals surface area contributed by atoms with Crippen molar-refractivity contribution in [2.45, 2.75) is 31.8 Å². The van der Waals surface area contributed by atoms with Crippen LogP contribution in [0, 0.1) is 5.92 Å². The summed E-state index contributed by atoms with van der Waals surface area (Å²) in [5.74, 6) is 0.234. The van der Waals surface area contributed by atoms with E-state index >= 15 is 0 Å². The lowest BCUT2D eigenvalue weighted by Crippen LogP contribution is -2.36. The number of benzene rings is 1. The summed E-state index contributed by atoms with van der Waals surface area (Å²) in [4.78, 5) is 14.2. The average molecular weight is 287 g/mol. The molecule has 0 amide bonds. The maximum atomic E-state index is 12.0. The molecule has 0 spiro atoms. The molecule has 3 nitrogen and oxygen atoms in total. The lowest BCUT2D eigenvalue weighted by Gasteiger charge is -2.32. The van der Waals surface area contributed by atoms with E-state index in [1.165, 1.54) is 12.5 Å². The lowest BCUT2D eigenvalue weighted by molar-refractivity contribution is -0.147. The molecule has 0 bridgehead atoms. The summed E-state index contributed by atoms with van der Waals surface area (Å²) in [7, 11) is 4.14. The van der Waals surface area contributed by atoms with Crippen molar-refractivity contribution < 1.29 is 9.53 Å². The molecule has 1 aliphatic rings. The van der Waals surface area contributed by atoms with Crippen LogP contribution >= 0.6 is 0 Å². The van der Waals surface area contributed by atoms with E-state index in [4.69, 9.17) is 4.74 Å². The van der Waals surface area contributed by atoms with Gasteiger partial charge in [-0.15, -0.1) is 0 Å². The van der Waals surface area contributed by atoms with Gasteiger partial charge in [-0.05, 0) is 45.0 Å². The van der Waals surface area contributed by atoms with Gasteiger partial charge < -0.3 is 9.64 Å². The van der Waals surface area contributed by atoms with Crippen molar-refractivity contribution in [3.8, 4) is 0 Å². The number of ether oxygens (including phenoxy) is 1. The Morgan fingerprint density at radius 1 is 1.24 bits per heavy atom. The highest BCUT2D eigenvalue weighted by molar-refractivity contribution is 5.87. The smallest absolute Gasteiger partial charge is 0.331 e. The highest BCUT2D eigenvalue weighted by Crippen LogP contribution is 2.27. The maximum Gasteiger partial charge on any atom is 0.331 e. The van der Waals surface area contributed by atoms with Crippen LogP contribution in [-0.2, 0) is 9.53 Å². The van der Waals surface area contributed by atoms with Crippen molar-refractivity contribution in [1.82, 2.24) is 4.90 Å². The zero-order valence-corrected chi connectivity index (χ0v) is 13.0. The molecular weight excluding hydrogens is 262 g/mol. The summed E-state index contributed by atoms with van der Waals surface area (Å²) in [6, 6.07) is 9.82. The van der Waals surface area contributed by atoms with Crippen LogP contribution in [0.4, 0.5) is 0 Å². The summed E-state index contributed by atoms with van der Waals surface area (Å²) in [5.41, 5.74) is 1.02. The third kappa shape index (κ3) is 5.35. The second kappa shape index (κ2) is 7.99. The second-order valence-electron chi connectivity index (χ2n) is 6.03. The molecule has 2 rings (SSSR count). The Hall–Kier alpha value is -1.61. The van der Waals surface area contributed by atoms with E-state index in [9.17, 15) is 4.79 Å². The standard InChI is InChI=1S/C18H25NO2/c1-19(2)14-16-10-6-7-11-17(16)21-18(20)13-12-15-8-4-3-5-9-15/h3-5,8-9,12-13,16-17H,6-7,10-11,14H2,1-2H3/b13-12+/t16-,17-/m1/s1. The summed E-state index contributed by atoms with van der Waals surface area (Å²) in [6.07, 6.45) is 7.95. The fraction of sp³-hybridized carbons (Fsp3) is 0.500. The zero-order chi connectivity index (χ0) is 15.1. The van der Waals surface area contributed by atoms with E-state index in [-0.39, 0.29) is 12.1 Å². The average Bonchev–Trinajstić information content (AvgIpc) is 2.48. The van der Waals surface area contributed by atoms with Crippen LogP contribution in [0.1, 0.15) is 31.2 Å². The molecular formula is C18H25NO2. The topological polar surface area (TPSA) is 29.5 Å². The van der Waals surface area contributed by atoms with Crippen LogP contribution in [0.3, 0.4) is 0 Å². The Bertz CT molecular complexity index is 467. The van der Waals surface area contributed by atoms with E-state index in [1.807, 2.05) is 36.4 Å². The van der Waals surface area contributed by atoms with Gasteiger partial charge in [0, 0.05) is 18.5 Å². The highest BCUT2D eigenvalue weighted by Gasteiger charge is 2.28. The summed E-state index contributed by atoms with van der Waals surface area (Å²) >= 11 is 0. The Labute approximate surface area is 127 Å². The van der Waals surface area contributed by atoms with Gasteiger partial charge in [0.1, 0.15) is 6.10 Å². The summed E-state index contributed by atoms with van der Waals surface area (Å²) in [6.45, 7) is 0.986. The Morgan fingerprint density at radius 2 is 1.95 bits per heavy atom. The maximum absolute atomic E-state index is 12.0. The minimum absolute atomic E-state index is 0.0640. The zero-order valence-electron chi connectivity index (χ0n) is 13.0. The van der Waals surface area contributed by atoms with Crippen LogP contribution in [0.2, 0.25) is 0 Å². The van der Waals surface area contributed by atoms with Crippen molar-refractivity contribution in [1.29, 1.82) is 0 Å². The van der Waals surface area contributed by atoms with Gasteiger partial charge >= 0.3 is 5.97 Å². The van der Waals surface area contributed by atoms with Gasteiger partial charge in [-0.3, -0.25) is 0 Å². The van der Waals surface area contributed by atoms with Gasteiger partial charge in [-0.1, -0.05) is 36.8 Å². The first-order chi connectivity index (χ1) is 10.1. The molecule has 0 aromatic heterocycles. The number of rotatable bonds is 5. The molecule has 0 radical (unpaired) electrons. The van der Waals surface area contributed by atoms with Gasteiger partial charge in [0.15, 0.2) is 0 Å². The van der Waals surface area contributed by atoms with E-state index in [0.29, 0.717) is 5.92 Å². The van der Waals surface area contributed by atoms with Crippen LogP contribution < -0.4 is 0 Å². The van der Waals surface area contributed by atoms with Crippen LogP contribution in [-0.4, -0.2) is 37.6 Å². The Balaban J connectivity index is 1.89. The number of carbonyl (C=O) groups excluding carboxylic acids is 1. The Morgan fingerprint density at radius 3 is 2.67 bits per heavy atom. The molecule has 1 fully saturated rings. The quantitative estimate of drug-likeness (QED) is 0.614. The molecule has 1 aromatic rings. The number of nitrogens with zero attached hydrogens (tertiary/aromatic N) is 1.